The lowest BCUT2D eigenvalue weighted by Gasteiger charge is -2.24. The maximum absolute atomic E-state index is 12.7. The number of likely N-dealkylation sites (N-methyl/N-ethyl adjacent to an activating group) is 1. The van der Waals surface area contributed by atoms with Crippen LogP contribution in [0.1, 0.15) is 79.6 Å². The van der Waals surface area contributed by atoms with Crippen LogP contribution in [0.15, 0.2) is 0 Å². The zero-order chi connectivity index (χ0) is 19.4. The number of aromatic nitrogens is 1. The molecule has 1 amide bonds. The highest BCUT2D eigenvalue weighted by molar-refractivity contribution is 5.99. The minimum atomic E-state index is 0.0641. The van der Waals surface area contributed by atoms with Gasteiger partial charge in [0.2, 0.25) is 0 Å². The monoisotopic (exact) mass is 351 g/mol. The van der Waals surface area contributed by atoms with Gasteiger partial charge in [0, 0.05) is 25.3 Å². The number of amides is 1. The average Bonchev–Trinajstić information content (AvgIpc) is 2.87. The molecule has 5 nitrogen and oxygen atoms in total. The molecule has 0 spiro atoms. The third-order valence-corrected chi connectivity index (χ3v) is 4.20. The molecular formula is C20H37N3O2. The molecule has 0 fully saturated rings. The minimum absolute atomic E-state index is 0.0641. The molecule has 1 N–H and O–H groups in total. The van der Waals surface area contributed by atoms with Gasteiger partial charge in [0.15, 0.2) is 6.29 Å². The molecule has 1 aliphatic heterocycles. The predicted molar refractivity (Wildman–Crippen MR) is 106 cm³/mol. The first-order valence-corrected chi connectivity index (χ1v) is 9.72. The normalized spacial score (nSPS) is 13.3. The second-order valence-corrected chi connectivity index (χ2v) is 5.83. The number of H-pyrrole nitrogens is 1. The summed E-state index contributed by atoms with van der Waals surface area (Å²) in [7, 11) is 2.09. The van der Waals surface area contributed by atoms with Crippen molar-refractivity contribution in [3.63, 3.8) is 0 Å². The van der Waals surface area contributed by atoms with E-state index in [1.54, 1.807) is 0 Å². The number of fused-ring (bicyclic) bond motifs is 1. The molecule has 1 aromatic rings. The van der Waals surface area contributed by atoms with E-state index in [1.165, 1.54) is 0 Å². The summed E-state index contributed by atoms with van der Waals surface area (Å²) in [5, 5.41) is 0. The number of hydrogen-bond acceptors (Lipinski definition) is 3. The maximum Gasteiger partial charge on any atom is 0.256 e. The molecule has 0 atom stereocenters. The highest BCUT2D eigenvalue weighted by Crippen LogP contribution is 2.23. The van der Waals surface area contributed by atoms with Crippen LogP contribution in [0.4, 0.5) is 0 Å². The van der Waals surface area contributed by atoms with E-state index in [9.17, 15) is 9.59 Å². The lowest BCUT2D eigenvalue weighted by atomic mass is 10.1. The van der Waals surface area contributed by atoms with Crippen LogP contribution < -0.4 is 0 Å². The molecule has 144 valence electrons. The lowest BCUT2D eigenvalue weighted by molar-refractivity contribution is 0.0746. The van der Waals surface area contributed by atoms with Gasteiger partial charge in [-0.1, -0.05) is 34.6 Å². The fourth-order valence-corrected chi connectivity index (χ4v) is 2.98. The Bertz CT molecular complexity index is 523. The van der Waals surface area contributed by atoms with Gasteiger partial charge in [-0.25, -0.2) is 0 Å². The molecule has 1 aromatic heterocycles. The molecule has 0 aromatic carbocycles. The molecule has 0 saturated carbocycles. The summed E-state index contributed by atoms with van der Waals surface area (Å²) in [6, 6.07) is 0. The molecule has 2 rings (SSSR count). The number of carbonyl (C=O) groups excluding carboxylic acids is 2. The van der Waals surface area contributed by atoms with Crippen molar-refractivity contribution in [2.75, 3.05) is 33.2 Å². The van der Waals surface area contributed by atoms with E-state index in [2.05, 4.69) is 23.9 Å². The van der Waals surface area contributed by atoms with Crippen LogP contribution in [0.25, 0.3) is 0 Å². The average molecular weight is 352 g/mol. The molecule has 0 radical (unpaired) electrons. The molecule has 1 aliphatic rings. The summed E-state index contributed by atoms with van der Waals surface area (Å²) in [5.74, 6) is 0.0641. The van der Waals surface area contributed by atoms with Crippen molar-refractivity contribution in [1.82, 2.24) is 14.8 Å². The Labute approximate surface area is 153 Å². The summed E-state index contributed by atoms with van der Waals surface area (Å²) >= 11 is 0. The van der Waals surface area contributed by atoms with E-state index in [0.717, 1.165) is 63.0 Å². The van der Waals surface area contributed by atoms with Gasteiger partial charge in [0.05, 0.1) is 11.3 Å². The fraction of sp³-hybridized carbons (Fsp3) is 0.700. The third kappa shape index (κ3) is 6.31. The second kappa shape index (κ2) is 12.7. The Balaban J connectivity index is 0.00000134. The van der Waals surface area contributed by atoms with Crippen LogP contribution in [-0.2, 0) is 6.42 Å². The molecule has 25 heavy (non-hydrogen) atoms. The van der Waals surface area contributed by atoms with Crippen LogP contribution in [-0.4, -0.2) is 60.2 Å². The number of carbonyl (C=O) groups is 2. The summed E-state index contributed by atoms with van der Waals surface area (Å²) < 4.78 is 0. The number of aldehydes is 1. The molecule has 2 heterocycles. The number of aromatic amines is 1. The molecule has 5 heteroatoms. The first-order valence-electron chi connectivity index (χ1n) is 9.72. The third-order valence-electron chi connectivity index (χ3n) is 4.20. The fourth-order valence-electron chi connectivity index (χ4n) is 2.98. The first-order chi connectivity index (χ1) is 12.1. The van der Waals surface area contributed by atoms with Crippen molar-refractivity contribution in [2.24, 2.45) is 0 Å². The summed E-state index contributed by atoms with van der Waals surface area (Å²) in [4.78, 5) is 31.0. The van der Waals surface area contributed by atoms with E-state index in [4.69, 9.17) is 0 Å². The smallest absolute Gasteiger partial charge is 0.256 e. The van der Waals surface area contributed by atoms with Crippen LogP contribution in [0.2, 0.25) is 0 Å². The van der Waals surface area contributed by atoms with Crippen LogP contribution in [0, 0.1) is 6.92 Å². The SMILES string of the molecule is CC.CC.CCCN(C)CCN1CCCc2[nH]c(C=O)c(C)c2C1=O. The van der Waals surface area contributed by atoms with E-state index in [0.29, 0.717) is 11.3 Å². The van der Waals surface area contributed by atoms with Crippen LogP contribution in [0.3, 0.4) is 0 Å². The molecular weight excluding hydrogens is 314 g/mol. The Hall–Kier alpha value is -1.62. The summed E-state index contributed by atoms with van der Waals surface area (Å²) in [6.07, 6.45) is 3.69. The van der Waals surface area contributed by atoms with E-state index < -0.39 is 0 Å². The predicted octanol–water partition coefficient (Wildman–Crippen LogP) is 3.92. The van der Waals surface area contributed by atoms with Gasteiger partial charge in [0.25, 0.3) is 5.91 Å². The van der Waals surface area contributed by atoms with Gasteiger partial charge < -0.3 is 14.8 Å². The van der Waals surface area contributed by atoms with Gasteiger partial charge in [-0.05, 0) is 45.3 Å². The zero-order valence-corrected chi connectivity index (χ0v) is 17.2. The summed E-state index contributed by atoms with van der Waals surface area (Å²) in [5.41, 5.74) is 2.97. The standard InChI is InChI=1S/C16H25N3O2.2C2H6/c1-4-7-18(3)9-10-19-8-5-6-13-15(16(19)21)12(2)14(11-20)17-13;2*1-2/h11,17H,4-10H2,1-3H3;2*1-2H3. The first kappa shape index (κ1) is 23.4. The van der Waals surface area contributed by atoms with Crippen LogP contribution >= 0.6 is 0 Å². The Morgan fingerprint density at radius 1 is 1.20 bits per heavy atom. The molecule has 0 aliphatic carbocycles. The van der Waals surface area contributed by atoms with Crippen LogP contribution in [0.5, 0.6) is 0 Å². The number of hydrogen-bond donors (Lipinski definition) is 1. The second-order valence-electron chi connectivity index (χ2n) is 5.83. The van der Waals surface area contributed by atoms with Gasteiger partial charge in [-0.3, -0.25) is 9.59 Å². The van der Waals surface area contributed by atoms with E-state index >= 15 is 0 Å². The number of nitrogens with zero attached hydrogens (tertiary/aromatic N) is 2. The maximum atomic E-state index is 12.7. The van der Waals surface area contributed by atoms with Crippen molar-refractivity contribution in [3.8, 4) is 0 Å². The summed E-state index contributed by atoms with van der Waals surface area (Å²) in [6.45, 7) is 15.5. The Kier molecular flexibility index (Phi) is 11.9. The largest absolute Gasteiger partial charge is 0.355 e. The number of rotatable bonds is 6. The van der Waals surface area contributed by atoms with Crippen molar-refractivity contribution in [1.29, 1.82) is 0 Å². The highest BCUT2D eigenvalue weighted by atomic mass is 16.2. The van der Waals surface area contributed by atoms with Crippen molar-refractivity contribution in [2.45, 2.75) is 60.8 Å². The quantitative estimate of drug-likeness (QED) is 0.790. The molecule has 0 unspecified atom stereocenters. The minimum Gasteiger partial charge on any atom is -0.355 e. The van der Waals surface area contributed by atoms with Gasteiger partial charge in [0.1, 0.15) is 0 Å². The van der Waals surface area contributed by atoms with E-state index in [-0.39, 0.29) is 5.91 Å². The highest BCUT2D eigenvalue weighted by Gasteiger charge is 2.27. The van der Waals surface area contributed by atoms with Gasteiger partial charge >= 0.3 is 0 Å². The van der Waals surface area contributed by atoms with E-state index in [1.807, 2.05) is 39.5 Å². The zero-order valence-electron chi connectivity index (χ0n) is 17.2. The topological polar surface area (TPSA) is 56.4 Å². The number of aryl methyl sites for hydroxylation is 1. The number of nitrogens with one attached hydrogen (secondary N) is 1. The Morgan fingerprint density at radius 3 is 2.40 bits per heavy atom. The Morgan fingerprint density at radius 2 is 1.84 bits per heavy atom. The van der Waals surface area contributed by atoms with Crippen molar-refractivity contribution >= 4 is 12.2 Å². The van der Waals surface area contributed by atoms with Crippen molar-refractivity contribution < 1.29 is 9.59 Å². The van der Waals surface area contributed by atoms with Crippen molar-refractivity contribution in [3.05, 3.63) is 22.5 Å². The van der Waals surface area contributed by atoms with Gasteiger partial charge in [-0.15, -0.1) is 0 Å². The van der Waals surface area contributed by atoms with Gasteiger partial charge in [-0.2, -0.15) is 0 Å². The molecule has 0 bridgehead atoms. The lowest BCUT2D eigenvalue weighted by Crippen LogP contribution is -2.38. The molecule has 0 saturated heterocycles.